The van der Waals surface area contributed by atoms with E-state index < -0.39 is 28.9 Å². The van der Waals surface area contributed by atoms with Crippen molar-refractivity contribution in [1.82, 2.24) is 0 Å². The number of carboxylic acid groups (broad SMARTS) is 1. The molecule has 2 aromatic carbocycles. The van der Waals surface area contributed by atoms with Crippen LogP contribution in [0, 0.1) is 5.82 Å². The van der Waals surface area contributed by atoms with Crippen LogP contribution in [0.2, 0.25) is 5.02 Å². The number of ether oxygens (including phenoxy) is 2. The fraction of sp³-hybridized carbons (Fsp3) is 0.316. The van der Waals surface area contributed by atoms with Crippen molar-refractivity contribution in [3.63, 3.8) is 0 Å². The Balaban J connectivity index is 1.87. The monoisotopic (exact) mass is 418 g/mol. The SMILES string of the molecule is O=C(O)CC[C@H]1CCc2cc(-c3cc(OC(F)(F)F)cc(Cl)c3F)ccc2O1. The summed E-state index contributed by atoms with van der Waals surface area (Å²) in [6, 6.07) is 6.42. The molecule has 3 rings (SSSR count). The molecule has 2 aromatic rings. The van der Waals surface area contributed by atoms with E-state index in [1.54, 1.807) is 12.1 Å². The Kier molecular flexibility index (Phi) is 5.69. The predicted octanol–water partition coefficient (Wildman–Crippen LogP) is 5.60. The van der Waals surface area contributed by atoms with E-state index in [-0.39, 0.29) is 18.1 Å². The molecule has 1 atom stereocenters. The maximum Gasteiger partial charge on any atom is 0.573 e. The second-order valence-corrected chi connectivity index (χ2v) is 6.76. The number of halogens is 5. The third-order valence-corrected chi connectivity index (χ3v) is 4.59. The molecule has 0 saturated heterocycles. The number of aliphatic carboxylic acids is 1. The zero-order chi connectivity index (χ0) is 20.5. The summed E-state index contributed by atoms with van der Waals surface area (Å²) in [4.78, 5) is 10.7. The molecule has 0 bridgehead atoms. The van der Waals surface area contributed by atoms with Gasteiger partial charge in [-0.05, 0) is 48.6 Å². The molecule has 9 heteroatoms. The van der Waals surface area contributed by atoms with Crippen LogP contribution in [0.1, 0.15) is 24.8 Å². The average molecular weight is 419 g/mol. The first-order chi connectivity index (χ1) is 13.1. The van der Waals surface area contributed by atoms with Crippen LogP contribution in [0.15, 0.2) is 30.3 Å². The minimum atomic E-state index is -4.92. The molecule has 0 radical (unpaired) electrons. The molecular weight excluding hydrogens is 404 g/mol. The Morgan fingerprint density at radius 1 is 1.29 bits per heavy atom. The van der Waals surface area contributed by atoms with Gasteiger partial charge in [0.1, 0.15) is 17.3 Å². The molecule has 1 heterocycles. The fourth-order valence-corrected chi connectivity index (χ4v) is 3.28. The zero-order valence-electron chi connectivity index (χ0n) is 14.4. The molecule has 1 aliphatic rings. The summed E-state index contributed by atoms with van der Waals surface area (Å²) in [6.07, 6.45) is -3.63. The van der Waals surface area contributed by atoms with Gasteiger partial charge in [0.25, 0.3) is 0 Å². The second kappa shape index (κ2) is 7.87. The number of aryl methyl sites for hydroxylation is 1. The van der Waals surface area contributed by atoms with Gasteiger partial charge in [0.2, 0.25) is 0 Å². The van der Waals surface area contributed by atoms with E-state index in [2.05, 4.69) is 4.74 Å². The van der Waals surface area contributed by atoms with Crippen LogP contribution in [-0.4, -0.2) is 23.5 Å². The maximum atomic E-state index is 14.4. The van der Waals surface area contributed by atoms with Crippen molar-refractivity contribution < 1.29 is 36.9 Å². The van der Waals surface area contributed by atoms with Gasteiger partial charge in [-0.3, -0.25) is 4.79 Å². The van der Waals surface area contributed by atoms with E-state index in [1.807, 2.05) is 0 Å². The highest BCUT2D eigenvalue weighted by Crippen LogP contribution is 2.38. The minimum absolute atomic E-state index is 0.00616. The van der Waals surface area contributed by atoms with Crippen molar-refractivity contribution in [2.75, 3.05) is 0 Å². The molecule has 0 unspecified atom stereocenters. The highest BCUT2D eigenvalue weighted by Gasteiger charge is 2.32. The number of rotatable bonds is 5. The normalized spacial score (nSPS) is 16.2. The standard InChI is InChI=1S/C19H15ClF4O4/c20-15-9-13(28-19(22,23)24)8-14(18(15)21)10-2-5-16-11(7-10)1-3-12(27-16)4-6-17(25)26/h2,5,7-9,12H,1,3-4,6H2,(H,25,26)/t12-/m1/s1. The third kappa shape index (κ3) is 4.86. The molecule has 0 fully saturated rings. The summed E-state index contributed by atoms with van der Waals surface area (Å²) in [5.74, 6) is -1.83. The Bertz CT molecular complexity index is 898. The Morgan fingerprint density at radius 3 is 2.71 bits per heavy atom. The highest BCUT2D eigenvalue weighted by atomic mass is 35.5. The molecule has 0 aromatic heterocycles. The van der Waals surface area contributed by atoms with Gasteiger partial charge in [-0.25, -0.2) is 4.39 Å². The van der Waals surface area contributed by atoms with Crippen LogP contribution >= 0.6 is 11.6 Å². The van der Waals surface area contributed by atoms with E-state index in [4.69, 9.17) is 21.4 Å². The largest absolute Gasteiger partial charge is 0.573 e. The molecule has 28 heavy (non-hydrogen) atoms. The molecule has 0 aliphatic carbocycles. The topological polar surface area (TPSA) is 55.8 Å². The van der Waals surface area contributed by atoms with Gasteiger partial charge in [-0.1, -0.05) is 17.7 Å². The summed E-state index contributed by atoms with van der Waals surface area (Å²) in [5, 5.41) is 8.27. The molecule has 1 N–H and O–H groups in total. The van der Waals surface area contributed by atoms with Crippen LogP contribution in [0.5, 0.6) is 11.5 Å². The predicted molar refractivity (Wildman–Crippen MR) is 93.1 cm³/mol. The first kappa shape index (κ1) is 20.3. The van der Waals surface area contributed by atoms with Gasteiger partial charge >= 0.3 is 12.3 Å². The Labute approximate surface area is 162 Å². The van der Waals surface area contributed by atoms with E-state index >= 15 is 0 Å². The van der Waals surface area contributed by atoms with Gasteiger partial charge in [-0.2, -0.15) is 0 Å². The van der Waals surface area contributed by atoms with Crippen LogP contribution in [0.3, 0.4) is 0 Å². The van der Waals surface area contributed by atoms with Gasteiger partial charge in [0.15, 0.2) is 0 Å². The highest BCUT2D eigenvalue weighted by molar-refractivity contribution is 6.31. The molecule has 0 spiro atoms. The van der Waals surface area contributed by atoms with Crippen LogP contribution in [0.4, 0.5) is 17.6 Å². The lowest BCUT2D eigenvalue weighted by Crippen LogP contribution is -2.23. The summed E-state index contributed by atoms with van der Waals surface area (Å²) in [6.45, 7) is 0. The van der Waals surface area contributed by atoms with Crippen molar-refractivity contribution >= 4 is 17.6 Å². The van der Waals surface area contributed by atoms with E-state index in [0.717, 1.165) is 17.7 Å². The first-order valence-corrected chi connectivity index (χ1v) is 8.77. The molecule has 150 valence electrons. The quantitative estimate of drug-likeness (QED) is 0.642. The van der Waals surface area contributed by atoms with E-state index in [9.17, 15) is 22.4 Å². The fourth-order valence-electron chi connectivity index (χ4n) is 3.07. The lowest BCUT2D eigenvalue weighted by molar-refractivity contribution is -0.274. The van der Waals surface area contributed by atoms with Crippen molar-refractivity contribution in [2.45, 2.75) is 38.1 Å². The lowest BCUT2D eigenvalue weighted by atomic mass is 9.95. The number of carbonyl (C=O) groups is 1. The Morgan fingerprint density at radius 2 is 2.04 bits per heavy atom. The van der Waals surface area contributed by atoms with E-state index in [1.165, 1.54) is 6.07 Å². The zero-order valence-corrected chi connectivity index (χ0v) is 15.1. The van der Waals surface area contributed by atoms with Crippen molar-refractivity contribution in [1.29, 1.82) is 0 Å². The van der Waals surface area contributed by atoms with Gasteiger partial charge < -0.3 is 14.6 Å². The van der Waals surface area contributed by atoms with Crippen molar-refractivity contribution in [3.8, 4) is 22.6 Å². The third-order valence-electron chi connectivity index (χ3n) is 4.32. The second-order valence-electron chi connectivity index (χ2n) is 6.35. The van der Waals surface area contributed by atoms with Crippen LogP contribution in [-0.2, 0) is 11.2 Å². The lowest BCUT2D eigenvalue weighted by Gasteiger charge is -2.26. The number of hydrogen-bond acceptors (Lipinski definition) is 3. The number of benzene rings is 2. The molecule has 4 nitrogen and oxygen atoms in total. The molecule has 0 saturated carbocycles. The number of carboxylic acids is 1. The van der Waals surface area contributed by atoms with Gasteiger partial charge in [0, 0.05) is 18.1 Å². The summed E-state index contributed by atoms with van der Waals surface area (Å²) in [7, 11) is 0. The van der Waals surface area contributed by atoms with Crippen LogP contribution in [0.25, 0.3) is 11.1 Å². The summed E-state index contributed by atoms with van der Waals surface area (Å²) in [5.41, 5.74) is 0.961. The first-order valence-electron chi connectivity index (χ1n) is 8.39. The molecular formula is C19H15ClF4O4. The number of hydrogen-bond donors (Lipinski definition) is 1. The number of alkyl halides is 3. The molecule has 1 aliphatic heterocycles. The minimum Gasteiger partial charge on any atom is -0.490 e. The smallest absolute Gasteiger partial charge is 0.490 e. The maximum absolute atomic E-state index is 14.4. The Hall–Kier alpha value is -2.48. The van der Waals surface area contributed by atoms with Crippen LogP contribution < -0.4 is 9.47 Å². The van der Waals surface area contributed by atoms with Gasteiger partial charge in [-0.15, -0.1) is 13.2 Å². The number of fused-ring (bicyclic) bond motifs is 1. The summed E-state index contributed by atoms with van der Waals surface area (Å²) >= 11 is 5.73. The summed E-state index contributed by atoms with van der Waals surface area (Å²) < 4.78 is 61.4. The average Bonchev–Trinajstić information content (AvgIpc) is 2.61. The van der Waals surface area contributed by atoms with Crippen molar-refractivity contribution in [3.05, 3.63) is 46.7 Å². The molecule has 0 amide bonds. The van der Waals surface area contributed by atoms with Gasteiger partial charge in [0.05, 0.1) is 11.1 Å². The van der Waals surface area contributed by atoms with E-state index in [0.29, 0.717) is 30.6 Å². The van der Waals surface area contributed by atoms with Crippen molar-refractivity contribution in [2.24, 2.45) is 0 Å².